The lowest BCUT2D eigenvalue weighted by molar-refractivity contribution is 0.0785. The minimum atomic E-state index is 0.00696. The monoisotopic (exact) mass is 341 g/mol. The number of likely N-dealkylation sites (tertiary alicyclic amines) is 1. The number of carbonyl (C=O) groups is 1. The van der Waals surface area contributed by atoms with Crippen molar-refractivity contribution in [1.82, 2.24) is 15.1 Å². The standard InChI is InChI=1S/C19H23N3O3/c1-24-14-5-6-18(25-2)15(9-14)13-7-8-22(11-13)19(23)17-10-16(20-21-17)12-3-4-12/h5-6,9-10,12-13H,3-4,7-8,11H2,1-2H3,(H,20,21)/t13-/m1/s1. The Morgan fingerprint density at radius 3 is 2.72 bits per heavy atom. The zero-order valence-corrected chi connectivity index (χ0v) is 14.6. The van der Waals surface area contributed by atoms with Gasteiger partial charge in [0.15, 0.2) is 0 Å². The molecule has 1 atom stereocenters. The van der Waals surface area contributed by atoms with E-state index in [1.165, 1.54) is 12.8 Å². The molecule has 0 unspecified atom stereocenters. The Morgan fingerprint density at radius 2 is 2.00 bits per heavy atom. The summed E-state index contributed by atoms with van der Waals surface area (Å²) in [5.74, 6) is 2.47. The molecule has 1 aromatic heterocycles. The second-order valence-corrected chi connectivity index (χ2v) is 6.83. The van der Waals surface area contributed by atoms with Gasteiger partial charge in [-0.05, 0) is 43.5 Å². The predicted molar refractivity (Wildman–Crippen MR) is 93.4 cm³/mol. The fourth-order valence-electron chi connectivity index (χ4n) is 3.57. The fraction of sp³-hybridized carbons (Fsp3) is 0.474. The van der Waals surface area contributed by atoms with Crippen LogP contribution in [0.4, 0.5) is 0 Å². The molecule has 4 rings (SSSR count). The van der Waals surface area contributed by atoms with Crippen LogP contribution in [0.2, 0.25) is 0 Å². The Kier molecular flexibility index (Phi) is 4.11. The topological polar surface area (TPSA) is 67.5 Å². The molecule has 1 saturated carbocycles. The highest BCUT2D eigenvalue weighted by Crippen LogP contribution is 2.39. The maximum atomic E-state index is 12.7. The first kappa shape index (κ1) is 16.0. The molecule has 1 aliphatic carbocycles. The van der Waals surface area contributed by atoms with Crippen LogP contribution in [0.15, 0.2) is 24.3 Å². The van der Waals surface area contributed by atoms with Gasteiger partial charge < -0.3 is 14.4 Å². The number of H-pyrrole nitrogens is 1. The highest BCUT2D eigenvalue weighted by molar-refractivity contribution is 5.92. The smallest absolute Gasteiger partial charge is 0.274 e. The minimum Gasteiger partial charge on any atom is -0.497 e. The number of hydrogen-bond acceptors (Lipinski definition) is 4. The minimum absolute atomic E-state index is 0.00696. The summed E-state index contributed by atoms with van der Waals surface area (Å²) in [7, 11) is 3.33. The molecule has 1 amide bonds. The third-order valence-electron chi connectivity index (χ3n) is 5.19. The van der Waals surface area contributed by atoms with E-state index < -0.39 is 0 Å². The molecule has 132 valence electrons. The number of amides is 1. The van der Waals surface area contributed by atoms with Crippen molar-refractivity contribution in [3.8, 4) is 11.5 Å². The third-order valence-corrected chi connectivity index (χ3v) is 5.19. The number of benzene rings is 1. The lowest BCUT2D eigenvalue weighted by Gasteiger charge is -2.17. The molecule has 1 aliphatic heterocycles. The quantitative estimate of drug-likeness (QED) is 0.908. The summed E-state index contributed by atoms with van der Waals surface area (Å²) in [4.78, 5) is 14.6. The number of aromatic amines is 1. The summed E-state index contributed by atoms with van der Waals surface area (Å²) < 4.78 is 10.8. The van der Waals surface area contributed by atoms with Gasteiger partial charge in [-0.2, -0.15) is 5.10 Å². The Balaban J connectivity index is 1.49. The van der Waals surface area contributed by atoms with Gasteiger partial charge in [-0.25, -0.2) is 0 Å². The molecule has 2 aromatic rings. The fourth-order valence-corrected chi connectivity index (χ4v) is 3.57. The molecule has 2 aliphatic rings. The van der Waals surface area contributed by atoms with Gasteiger partial charge in [0.25, 0.3) is 5.91 Å². The van der Waals surface area contributed by atoms with E-state index in [1.807, 2.05) is 29.2 Å². The first-order valence-corrected chi connectivity index (χ1v) is 8.76. The number of nitrogens with one attached hydrogen (secondary N) is 1. The molecular formula is C19H23N3O3. The summed E-state index contributed by atoms with van der Waals surface area (Å²) in [6, 6.07) is 7.74. The van der Waals surface area contributed by atoms with E-state index in [4.69, 9.17) is 9.47 Å². The van der Waals surface area contributed by atoms with Crippen LogP contribution in [-0.4, -0.2) is 48.3 Å². The Labute approximate surface area is 147 Å². The van der Waals surface area contributed by atoms with Crippen LogP contribution in [0.1, 0.15) is 52.8 Å². The summed E-state index contributed by atoms with van der Waals surface area (Å²) in [5.41, 5.74) is 2.71. The van der Waals surface area contributed by atoms with Crippen molar-refractivity contribution in [1.29, 1.82) is 0 Å². The lowest BCUT2D eigenvalue weighted by Crippen LogP contribution is -2.28. The Morgan fingerprint density at radius 1 is 1.16 bits per heavy atom. The van der Waals surface area contributed by atoms with Crippen molar-refractivity contribution in [2.75, 3.05) is 27.3 Å². The Hall–Kier alpha value is -2.50. The number of nitrogens with zero attached hydrogens (tertiary/aromatic N) is 2. The van der Waals surface area contributed by atoms with Crippen LogP contribution < -0.4 is 9.47 Å². The van der Waals surface area contributed by atoms with Crippen molar-refractivity contribution in [3.05, 3.63) is 41.2 Å². The molecule has 0 radical (unpaired) electrons. The van der Waals surface area contributed by atoms with Crippen LogP contribution >= 0.6 is 0 Å². The van der Waals surface area contributed by atoms with Crippen LogP contribution in [0.5, 0.6) is 11.5 Å². The predicted octanol–water partition coefficient (Wildman–Crippen LogP) is 2.93. The van der Waals surface area contributed by atoms with E-state index in [0.29, 0.717) is 18.2 Å². The van der Waals surface area contributed by atoms with E-state index in [1.54, 1.807) is 14.2 Å². The van der Waals surface area contributed by atoms with Crippen molar-refractivity contribution >= 4 is 5.91 Å². The number of ether oxygens (including phenoxy) is 2. The third kappa shape index (κ3) is 3.08. The molecule has 1 saturated heterocycles. The zero-order chi connectivity index (χ0) is 17.4. The van der Waals surface area contributed by atoms with E-state index in [9.17, 15) is 4.79 Å². The molecule has 25 heavy (non-hydrogen) atoms. The van der Waals surface area contributed by atoms with Crippen molar-refractivity contribution in [3.63, 3.8) is 0 Å². The van der Waals surface area contributed by atoms with Crippen LogP contribution in [0.25, 0.3) is 0 Å². The average molecular weight is 341 g/mol. The van der Waals surface area contributed by atoms with E-state index in [-0.39, 0.29) is 11.8 Å². The maximum Gasteiger partial charge on any atom is 0.274 e. The molecule has 0 spiro atoms. The number of rotatable bonds is 5. The molecule has 2 heterocycles. The second-order valence-electron chi connectivity index (χ2n) is 6.83. The van der Waals surface area contributed by atoms with Gasteiger partial charge in [0, 0.05) is 36.2 Å². The van der Waals surface area contributed by atoms with Crippen molar-refractivity contribution in [2.24, 2.45) is 0 Å². The van der Waals surface area contributed by atoms with Gasteiger partial charge in [-0.3, -0.25) is 9.89 Å². The van der Waals surface area contributed by atoms with Gasteiger partial charge in [0.2, 0.25) is 0 Å². The Bertz CT molecular complexity index is 782. The van der Waals surface area contributed by atoms with Crippen LogP contribution in [0.3, 0.4) is 0 Å². The molecule has 1 aromatic carbocycles. The average Bonchev–Trinajstić information content (AvgIpc) is 3.19. The maximum absolute atomic E-state index is 12.7. The molecule has 6 heteroatoms. The van der Waals surface area contributed by atoms with Crippen LogP contribution in [0, 0.1) is 0 Å². The van der Waals surface area contributed by atoms with Crippen molar-refractivity contribution in [2.45, 2.75) is 31.1 Å². The zero-order valence-electron chi connectivity index (χ0n) is 14.6. The SMILES string of the molecule is COc1ccc(OC)c([C@@H]2CCN(C(=O)c3cc(C4CC4)[nH]n3)C2)c1. The largest absolute Gasteiger partial charge is 0.497 e. The van der Waals surface area contributed by atoms with E-state index in [2.05, 4.69) is 10.2 Å². The van der Waals surface area contributed by atoms with Gasteiger partial charge in [-0.1, -0.05) is 0 Å². The summed E-state index contributed by atoms with van der Waals surface area (Å²) in [6.45, 7) is 1.41. The number of methoxy groups -OCH3 is 2. The van der Waals surface area contributed by atoms with Gasteiger partial charge >= 0.3 is 0 Å². The number of aromatic nitrogens is 2. The lowest BCUT2D eigenvalue weighted by atomic mass is 9.97. The van der Waals surface area contributed by atoms with Crippen molar-refractivity contribution < 1.29 is 14.3 Å². The number of carbonyl (C=O) groups excluding carboxylic acids is 1. The van der Waals surface area contributed by atoms with Gasteiger partial charge in [0.1, 0.15) is 17.2 Å². The normalized spacial score (nSPS) is 19.9. The van der Waals surface area contributed by atoms with E-state index >= 15 is 0 Å². The molecule has 6 nitrogen and oxygen atoms in total. The first-order chi connectivity index (χ1) is 12.2. The summed E-state index contributed by atoms with van der Waals surface area (Å²) in [6.07, 6.45) is 3.30. The molecular weight excluding hydrogens is 318 g/mol. The van der Waals surface area contributed by atoms with Gasteiger partial charge in [-0.15, -0.1) is 0 Å². The highest BCUT2D eigenvalue weighted by Gasteiger charge is 2.32. The summed E-state index contributed by atoms with van der Waals surface area (Å²) >= 11 is 0. The molecule has 2 fully saturated rings. The second kappa shape index (κ2) is 6.43. The van der Waals surface area contributed by atoms with Crippen LogP contribution in [-0.2, 0) is 0 Å². The van der Waals surface area contributed by atoms with E-state index in [0.717, 1.165) is 35.7 Å². The summed E-state index contributed by atoms with van der Waals surface area (Å²) in [5, 5.41) is 7.23. The number of hydrogen-bond donors (Lipinski definition) is 1. The first-order valence-electron chi connectivity index (χ1n) is 8.76. The molecule has 1 N–H and O–H groups in total. The highest BCUT2D eigenvalue weighted by atomic mass is 16.5. The van der Waals surface area contributed by atoms with Gasteiger partial charge in [0.05, 0.1) is 14.2 Å². The molecule has 0 bridgehead atoms.